The Bertz CT molecular complexity index is 226. The number of nitriles is 1. The summed E-state index contributed by atoms with van der Waals surface area (Å²) in [7, 11) is 0. The lowest BCUT2D eigenvalue weighted by Gasteiger charge is -2.26. The highest BCUT2D eigenvalue weighted by atomic mass is 16.2. The topological polar surface area (TPSA) is 44.1 Å². The average molecular weight is 194 g/mol. The molecule has 0 aromatic carbocycles. The van der Waals surface area contributed by atoms with Crippen molar-refractivity contribution in [3.05, 3.63) is 0 Å². The van der Waals surface area contributed by atoms with Crippen molar-refractivity contribution in [1.29, 1.82) is 5.26 Å². The zero-order valence-corrected chi connectivity index (χ0v) is 8.83. The van der Waals surface area contributed by atoms with Gasteiger partial charge in [-0.15, -0.1) is 0 Å². The van der Waals surface area contributed by atoms with E-state index in [0.717, 1.165) is 12.8 Å². The Balaban J connectivity index is 2.48. The lowest BCUT2D eigenvalue weighted by atomic mass is 9.88. The van der Waals surface area contributed by atoms with Crippen LogP contribution in [-0.2, 0) is 4.79 Å². The lowest BCUT2D eigenvalue weighted by molar-refractivity contribution is -0.135. The second-order valence-electron chi connectivity index (χ2n) is 3.85. The van der Waals surface area contributed by atoms with Crippen LogP contribution in [0.1, 0.15) is 39.0 Å². The van der Waals surface area contributed by atoms with Crippen molar-refractivity contribution in [3.8, 4) is 6.07 Å². The van der Waals surface area contributed by atoms with Gasteiger partial charge in [-0.05, 0) is 19.8 Å². The molecule has 1 aliphatic rings. The molecule has 0 radical (unpaired) electrons. The molecular weight excluding hydrogens is 176 g/mol. The van der Waals surface area contributed by atoms with Crippen LogP contribution >= 0.6 is 0 Å². The summed E-state index contributed by atoms with van der Waals surface area (Å²) < 4.78 is 0. The maximum absolute atomic E-state index is 11.9. The van der Waals surface area contributed by atoms with Crippen molar-refractivity contribution in [2.45, 2.75) is 39.0 Å². The summed E-state index contributed by atoms with van der Waals surface area (Å²) in [5.74, 6) is 0.380. The van der Waals surface area contributed by atoms with E-state index in [0.29, 0.717) is 6.54 Å². The molecule has 1 fully saturated rings. The largest absolute Gasteiger partial charge is 0.329 e. The molecule has 1 aliphatic carbocycles. The van der Waals surface area contributed by atoms with Gasteiger partial charge in [-0.3, -0.25) is 4.79 Å². The molecule has 1 amide bonds. The third kappa shape index (κ3) is 2.73. The van der Waals surface area contributed by atoms with Crippen LogP contribution in [0.4, 0.5) is 0 Å². The number of nitrogens with zero attached hydrogens (tertiary/aromatic N) is 2. The Kier molecular flexibility index (Phi) is 4.45. The molecule has 0 bridgehead atoms. The zero-order valence-electron chi connectivity index (χ0n) is 8.83. The summed E-state index contributed by atoms with van der Waals surface area (Å²) >= 11 is 0. The Morgan fingerprint density at radius 3 is 2.57 bits per heavy atom. The molecule has 1 saturated carbocycles. The van der Waals surface area contributed by atoms with Gasteiger partial charge in [-0.2, -0.15) is 5.26 Å². The van der Waals surface area contributed by atoms with Gasteiger partial charge in [0.05, 0.1) is 6.07 Å². The fraction of sp³-hybridized carbons (Fsp3) is 0.818. The van der Waals surface area contributed by atoms with E-state index in [1.807, 2.05) is 13.0 Å². The number of amides is 1. The van der Waals surface area contributed by atoms with E-state index in [2.05, 4.69) is 0 Å². The fourth-order valence-electron chi connectivity index (χ4n) is 2.04. The van der Waals surface area contributed by atoms with Gasteiger partial charge in [0, 0.05) is 12.5 Å². The van der Waals surface area contributed by atoms with Crippen LogP contribution in [0, 0.1) is 17.2 Å². The van der Waals surface area contributed by atoms with Crippen LogP contribution in [0.2, 0.25) is 0 Å². The summed E-state index contributed by atoms with van der Waals surface area (Å²) in [6.45, 7) is 2.83. The predicted molar refractivity (Wildman–Crippen MR) is 54.4 cm³/mol. The summed E-state index contributed by atoms with van der Waals surface area (Å²) in [4.78, 5) is 13.6. The molecular formula is C11H18N2O. The summed E-state index contributed by atoms with van der Waals surface area (Å²) in [6.07, 6.45) is 5.62. The van der Waals surface area contributed by atoms with E-state index >= 15 is 0 Å². The first-order chi connectivity index (χ1) is 6.79. The van der Waals surface area contributed by atoms with Gasteiger partial charge >= 0.3 is 0 Å². The van der Waals surface area contributed by atoms with E-state index in [1.54, 1.807) is 4.90 Å². The molecule has 0 aliphatic heterocycles. The highest BCUT2D eigenvalue weighted by molar-refractivity contribution is 5.79. The van der Waals surface area contributed by atoms with Crippen molar-refractivity contribution in [2.24, 2.45) is 5.92 Å². The molecule has 0 N–H and O–H groups in total. The molecule has 3 heteroatoms. The monoisotopic (exact) mass is 194 g/mol. The zero-order chi connectivity index (χ0) is 10.4. The van der Waals surface area contributed by atoms with E-state index in [4.69, 9.17) is 5.26 Å². The second kappa shape index (κ2) is 5.64. The van der Waals surface area contributed by atoms with E-state index in [-0.39, 0.29) is 18.4 Å². The fourth-order valence-corrected chi connectivity index (χ4v) is 2.04. The minimum absolute atomic E-state index is 0.189. The molecule has 1 rings (SSSR count). The molecule has 0 unspecified atom stereocenters. The Morgan fingerprint density at radius 1 is 1.43 bits per heavy atom. The molecule has 0 heterocycles. The Labute approximate surface area is 85.7 Å². The van der Waals surface area contributed by atoms with E-state index in [1.165, 1.54) is 19.3 Å². The minimum atomic E-state index is 0.189. The number of rotatable bonds is 3. The van der Waals surface area contributed by atoms with Crippen molar-refractivity contribution in [2.75, 3.05) is 13.1 Å². The van der Waals surface area contributed by atoms with Crippen LogP contribution in [0.5, 0.6) is 0 Å². The van der Waals surface area contributed by atoms with Crippen molar-refractivity contribution >= 4 is 5.91 Å². The van der Waals surface area contributed by atoms with Crippen molar-refractivity contribution in [1.82, 2.24) is 4.90 Å². The van der Waals surface area contributed by atoms with Gasteiger partial charge in [-0.25, -0.2) is 0 Å². The molecule has 78 valence electrons. The van der Waals surface area contributed by atoms with E-state index in [9.17, 15) is 4.79 Å². The molecule has 0 spiro atoms. The predicted octanol–water partition coefficient (Wildman–Crippen LogP) is 1.94. The number of hydrogen-bond acceptors (Lipinski definition) is 2. The first kappa shape index (κ1) is 11.0. The molecule has 0 saturated heterocycles. The highest BCUT2D eigenvalue weighted by Gasteiger charge is 2.24. The quantitative estimate of drug-likeness (QED) is 0.644. The molecule has 3 nitrogen and oxygen atoms in total. The van der Waals surface area contributed by atoms with Crippen LogP contribution in [0.25, 0.3) is 0 Å². The Morgan fingerprint density at radius 2 is 2.07 bits per heavy atom. The summed E-state index contributed by atoms with van der Waals surface area (Å²) in [5, 5.41) is 8.57. The van der Waals surface area contributed by atoms with Gasteiger partial charge in [0.25, 0.3) is 0 Å². The average Bonchev–Trinajstić information content (AvgIpc) is 2.26. The Hall–Kier alpha value is -1.04. The number of carbonyl (C=O) groups excluding carboxylic acids is 1. The van der Waals surface area contributed by atoms with Crippen LogP contribution in [0.15, 0.2) is 0 Å². The summed E-state index contributed by atoms with van der Waals surface area (Å²) in [5.41, 5.74) is 0. The van der Waals surface area contributed by atoms with Crippen molar-refractivity contribution < 1.29 is 4.79 Å². The van der Waals surface area contributed by atoms with Crippen LogP contribution in [-0.4, -0.2) is 23.9 Å². The second-order valence-corrected chi connectivity index (χ2v) is 3.85. The first-order valence-corrected chi connectivity index (χ1v) is 5.45. The van der Waals surface area contributed by atoms with Crippen LogP contribution in [0.3, 0.4) is 0 Å². The van der Waals surface area contributed by atoms with E-state index < -0.39 is 0 Å². The number of carbonyl (C=O) groups is 1. The standard InChI is InChI=1S/C11H18N2O/c1-2-13(9-8-12)11(14)10-6-4-3-5-7-10/h10H,2-7,9H2,1H3. The third-order valence-corrected chi connectivity index (χ3v) is 2.91. The van der Waals surface area contributed by atoms with Gasteiger partial charge in [-0.1, -0.05) is 19.3 Å². The van der Waals surface area contributed by atoms with Crippen LogP contribution < -0.4 is 0 Å². The SMILES string of the molecule is CCN(CC#N)C(=O)C1CCCCC1. The maximum atomic E-state index is 11.9. The van der Waals surface area contributed by atoms with Gasteiger partial charge in [0.2, 0.25) is 5.91 Å². The number of hydrogen-bond donors (Lipinski definition) is 0. The van der Waals surface area contributed by atoms with Crippen molar-refractivity contribution in [3.63, 3.8) is 0 Å². The highest BCUT2D eigenvalue weighted by Crippen LogP contribution is 2.25. The molecule has 0 aromatic heterocycles. The normalized spacial score (nSPS) is 17.4. The van der Waals surface area contributed by atoms with Gasteiger partial charge in [0.15, 0.2) is 0 Å². The maximum Gasteiger partial charge on any atom is 0.226 e. The molecule has 0 atom stereocenters. The minimum Gasteiger partial charge on any atom is -0.329 e. The van der Waals surface area contributed by atoms with Gasteiger partial charge < -0.3 is 4.90 Å². The van der Waals surface area contributed by atoms with Gasteiger partial charge in [0.1, 0.15) is 6.54 Å². The molecule has 14 heavy (non-hydrogen) atoms. The smallest absolute Gasteiger partial charge is 0.226 e. The summed E-state index contributed by atoms with van der Waals surface area (Å²) in [6, 6.07) is 2.04. The molecule has 0 aromatic rings. The first-order valence-electron chi connectivity index (χ1n) is 5.45. The third-order valence-electron chi connectivity index (χ3n) is 2.91. The lowest BCUT2D eigenvalue weighted by Crippen LogP contribution is -2.37.